The first kappa shape index (κ1) is 21.4. The van der Waals surface area contributed by atoms with Gasteiger partial charge in [0.15, 0.2) is 0 Å². The monoisotopic (exact) mass is 421 g/mol. The van der Waals surface area contributed by atoms with E-state index in [0.29, 0.717) is 18.9 Å². The molecule has 1 N–H and O–H groups in total. The molecule has 6 nitrogen and oxygen atoms in total. The summed E-state index contributed by atoms with van der Waals surface area (Å²) in [4.78, 5) is 29.6. The number of amides is 2. The number of nitrogens with one attached hydrogen (secondary N) is 1. The Hall–Kier alpha value is -2.86. The molecule has 4 rings (SSSR count). The van der Waals surface area contributed by atoms with Gasteiger partial charge in [-0.05, 0) is 69.1 Å². The molecular weight excluding hydrogens is 390 g/mol. The zero-order valence-electron chi connectivity index (χ0n) is 18.2. The van der Waals surface area contributed by atoms with Crippen molar-refractivity contribution in [1.29, 1.82) is 0 Å². The third-order valence-corrected chi connectivity index (χ3v) is 6.09. The van der Waals surface area contributed by atoms with Gasteiger partial charge in [0.1, 0.15) is 5.75 Å². The fourth-order valence-corrected chi connectivity index (χ4v) is 4.37. The second-order valence-corrected chi connectivity index (χ2v) is 8.29. The Labute approximate surface area is 184 Å². The molecule has 1 unspecified atom stereocenters. The summed E-state index contributed by atoms with van der Waals surface area (Å²) >= 11 is 0. The van der Waals surface area contributed by atoms with E-state index >= 15 is 0 Å². The highest BCUT2D eigenvalue weighted by Crippen LogP contribution is 2.33. The average Bonchev–Trinajstić information content (AvgIpc) is 3.44. The molecule has 2 aromatic carbocycles. The zero-order chi connectivity index (χ0) is 21.6. The normalized spacial score (nSPS) is 19.1. The van der Waals surface area contributed by atoms with Gasteiger partial charge in [0.2, 0.25) is 11.8 Å². The van der Waals surface area contributed by atoms with Crippen molar-refractivity contribution < 1.29 is 14.3 Å². The number of benzene rings is 2. The molecular formula is C25H31N3O3. The molecule has 2 saturated heterocycles. The maximum Gasteiger partial charge on any atom is 0.229 e. The molecule has 6 heteroatoms. The van der Waals surface area contributed by atoms with E-state index in [2.05, 4.69) is 22.3 Å². The van der Waals surface area contributed by atoms with Crippen molar-refractivity contribution >= 4 is 23.2 Å². The SMILES string of the molecule is CCOc1ccccc1N1CC(C(=O)Nc2ccc(CCN3CCCC3)cc2)CC1=O. The van der Waals surface area contributed by atoms with E-state index in [0.717, 1.165) is 24.3 Å². The number of likely N-dealkylation sites (tertiary alicyclic amines) is 1. The summed E-state index contributed by atoms with van der Waals surface area (Å²) in [6, 6.07) is 15.5. The first-order valence-electron chi connectivity index (χ1n) is 11.3. The highest BCUT2D eigenvalue weighted by Gasteiger charge is 2.36. The predicted molar refractivity (Wildman–Crippen MR) is 123 cm³/mol. The predicted octanol–water partition coefficient (Wildman–Crippen LogP) is 3.72. The lowest BCUT2D eigenvalue weighted by molar-refractivity contribution is -0.122. The maximum absolute atomic E-state index is 12.8. The van der Waals surface area contributed by atoms with Gasteiger partial charge in [-0.15, -0.1) is 0 Å². The fraction of sp³-hybridized carbons (Fsp3) is 0.440. The van der Waals surface area contributed by atoms with Gasteiger partial charge >= 0.3 is 0 Å². The highest BCUT2D eigenvalue weighted by atomic mass is 16.5. The minimum absolute atomic E-state index is 0.0513. The number of para-hydroxylation sites is 2. The summed E-state index contributed by atoms with van der Waals surface area (Å²) in [5, 5.41) is 2.98. The van der Waals surface area contributed by atoms with Crippen LogP contribution in [0.1, 0.15) is 31.7 Å². The third-order valence-electron chi connectivity index (χ3n) is 6.09. The van der Waals surface area contributed by atoms with Crippen molar-refractivity contribution in [2.75, 3.05) is 43.0 Å². The van der Waals surface area contributed by atoms with Gasteiger partial charge in [-0.2, -0.15) is 0 Å². The minimum Gasteiger partial charge on any atom is -0.492 e. The lowest BCUT2D eigenvalue weighted by atomic mass is 10.1. The summed E-state index contributed by atoms with van der Waals surface area (Å²) in [6.07, 6.45) is 3.85. The number of ether oxygens (including phenoxy) is 1. The summed E-state index contributed by atoms with van der Waals surface area (Å²) in [5.74, 6) is 0.125. The Kier molecular flexibility index (Phi) is 6.87. The number of carbonyl (C=O) groups is 2. The van der Waals surface area contributed by atoms with Crippen molar-refractivity contribution in [3.63, 3.8) is 0 Å². The van der Waals surface area contributed by atoms with Crippen LogP contribution in [0.2, 0.25) is 0 Å². The number of carbonyl (C=O) groups excluding carboxylic acids is 2. The first-order valence-corrected chi connectivity index (χ1v) is 11.3. The summed E-state index contributed by atoms with van der Waals surface area (Å²) < 4.78 is 5.66. The molecule has 2 aliphatic heterocycles. The zero-order valence-corrected chi connectivity index (χ0v) is 18.2. The molecule has 0 bridgehead atoms. The lowest BCUT2D eigenvalue weighted by Crippen LogP contribution is -2.28. The van der Waals surface area contributed by atoms with E-state index in [-0.39, 0.29) is 24.2 Å². The molecule has 0 saturated carbocycles. The van der Waals surface area contributed by atoms with Gasteiger partial charge in [-0.1, -0.05) is 24.3 Å². The second kappa shape index (κ2) is 9.96. The maximum atomic E-state index is 12.8. The number of hydrogen-bond donors (Lipinski definition) is 1. The van der Waals surface area contributed by atoms with E-state index < -0.39 is 0 Å². The smallest absolute Gasteiger partial charge is 0.229 e. The van der Waals surface area contributed by atoms with Crippen LogP contribution in [-0.2, 0) is 16.0 Å². The molecule has 0 aliphatic carbocycles. The van der Waals surface area contributed by atoms with E-state index in [4.69, 9.17) is 4.74 Å². The Balaban J connectivity index is 1.33. The van der Waals surface area contributed by atoms with Gasteiger partial charge in [0.05, 0.1) is 18.2 Å². The van der Waals surface area contributed by atoms with Crippen molar-refractivity contribution in [2.24, 2.45) is 5.92 Å². The quantitative estimate of drug-likeness (QED) is 0.706. The minimum atomic E-state index is -0.378. The van der Waals surface area contributed by atoms with Crippen molar-refractivity contribution in [1.82, 2.24) is 4.90 Å². The number of hydrogen-bond acceptors (Lipinski definition) is 4. The summed E-state index contributed by atoms with van der Waals surface area (Å²) in [7, 11) is 0. The van der Waals surface area contributed by atoms with Crippen LogP contribution in [-0.4, -0.2) is 49.5 Å². The van der Waals surface area contributed by atoms with Crippen molar-refractivity contribution in [2.45, 2.75) is 32.6 Å². The first-order chi connectivity index (χ1) is 15.1. The van der Waals surface area contributed by atoms with Crippen LogP contribution in [0.15, 0.2) is 48.5 Å². The van der Waals surface area contributed by atoms with Gasteiger partial charge < -0.3 is 19.9 Å². The molecule has 0 spiro atoms. The molecule has 2 amide bonds. The molecule has 2 aliphatic rings. The Bertz CT molecular complexity index is 906. The largest absolute Gasteiger partial charge is 0.492 e. The number of anilines is 2. The van der Waals surface area contributed by atoms with E-state index in [1.165, 1.54) is 31.5 Å². The molecule has 2 heterocycles. The molecule has 164 valence electrons. The van der Waals surface area contributed by atoms with Gasteiger partial charge in [-0.3, -0.25) is 9.59 Å². The second-order valence-electron chi connectivity index (χ2n) is 8.29. The van der Waals surface area contributed by atoms with Gasteiger partial charge in [0, 0.05) is 25.2 Å². The van der Waals surface area contributed by atoms with E-state index in [1.807, 2.05) is 43.3 Å². The topological polar surface area (TPSA) is 61.9 Å². The van der Waals surface area contributed by atoms with Crippen LogP contribution in [0.5, 0.6) is 5.75 Å². The Morgan fingerprint density at radius 2 is 1.84 bits per heavy atom. The lowest BCUT2D eigenvalue weighted by Gasteiger charge is -2.20. The molecule has 0 radical (unpaired) electrons. The molecule has 2 fully saturated rings. The van der Waals surface area contributed by atoms with Crippen molar-refractivity contribution in [3.8, 4) is 5.75 Å². The third kappa shape index (κ3) is 5.25. The fourth-order valence-electron chi connectivity index (χ4n) is 4.37. The number of rotatable bonds is 8. The van der Waals surface area contributed by atoms with Crippen LogP contribution < -0.4 is 15.0 Å². The average molecular weight is 422 g/mol. The Morgan fingerprint density at radius 3 is 2.58 bits per heavy atom. The van der Waals surface area contributed by atoms with Gasteiger partial charge in [0.25, 0.3) is 0 Å². The van der Waals surface area contributed by atoms with Gasteiger partial charge in [-0.25, -0.2) is 0 Å². The molecule has 1 atom stereocenters. The van der Waals surface area contributed by atoms with E-state index in [1.54, 1.807) is 4.90 Å². The standard InChI is InChI=1S/C25H31N3O3/c1-2-31-23-8-4-3-7-22(23)28-18-20(17-24(28)29)25(30)26-21-11-9-19(10-12-21)13-16-27-14-5-6-15-27/h3-4,7-12,20H,2,5-6,13-18H2,1H3,(H,26,30). The van der Waals surface area contributed by atoms with Crippen LogP contribution in [0, 0.1) is 5.92 Å². The number of nitrogens with zero attached hydrogens (tertiary/aromatic N) is 2. The molecule has 31 heavy (non-hydrogen) atoms. The molecule has 0 aromatic heterocycles. The van der Waals surface area contributed by atoms with Crippen LogP contribution in [0.25, 0.3) is 0 Å². The van der Waals surface area contributed by atoms with Crippen LogP contribution in [0.4, 0.5) is 11.4 Å². The highest BCUT2D eigenvalue weighted by molar-refractivity contribution is 6.04. The van der Waals surface area contributed by atoms with Crippen LogP contribution >= 0.6 is 0 Å². The van der Waals surface area contributed by atoms with E-state index in [9.17, 15) is 9.59 Å². The Morgan fingerprint density at radius 1 is 1.10 bits per heavy atom. The molecule has 2 aromatic rings. The van der Waals surface area contributed by atoms with Crippen LogP contribution in [0.3, 0.4) is 0 Å². The summed E-state index contributed by atoms with van der Waals surface area (Å²) in [5.41, 5.74) is 2.78. The van der Waals surface area contributed by atoms with Crippen molar-refractivity contribution in [3.05, 3.63) is 54.1 Å². The summed E-state index contributed by atoms with van der Waals surface area (Å²) in [6.45, 7) is 6.31.